The predicted octanol–water partition coefficient (Wildman–Crippen LogP) is 2.29. The quantitative estimate of drug-likeness (QED) is 0.643. The van der Waals surface area contributed by atoms with Gasteiger partial charge in [-0.2, -0.15) is 0 Å². The summed E-state index contributed by atoms with van der Waals surface area (Å²) >= 11 is 0. The van der Waals surface area contributed by atoms with Crippen molar-refractivity contribution >= 4 is 17.1 Å². The molecule has 1 fully saturated rings. The van der Waals surface area contributed by atoms with Crippen LogP contribution >= 0.6 is 0 Å². The topological polar surface area (TPSA) is 52.3 Å². The van der Waals surface area contributed by atoms with Crippen LogP contribution in [0.2, 0.25) is 0 Å². The van der Waals surface area contributed by atoms with Crippen molar-refractivity contribution in [1.29, 1.82) is 0 Å². The third kappa shape index (κ3) is 2.36. The molecule has 3 rings (SSSR count). The van der Waals surface area contributed by atoms with Gasteiger partial charge in [0.1, 0.15) is 6.39 Å². The van der Waals surface area contributed by atoms with E-state index in [0.717, 1.165) is 23.1 Å². The van der Waals surface area contributed by atoms with E-state index in [1.807, 2.05) is 25.1 Å². The van der Waals surface area contributed by atoms with Gasteiger partial charge in [-0.15, -0.1) is 6.07 Å². The largest absolute Gasteiger partial charge is 0.573 e. The Kier molecular flexibility index (Phi) is 4.18. The molecule has 0 saturated heterocycles. The molecule has 1 saturated carbocycles. The third-order valence-corrected chi connectivity index (χ3v) is 3.12. The molecule has 18 heavy (non-hydrogen) atoms. The van der Waals surface area contributed by atoms with E-state index >= 15 is 0 Å². The molecule has 5 heteroatoms. The van der Waals surface area contributed by atoms with Gasteiger partial charge in [0.25, 0.3) is 0 Å². The van der Waals surface area contributed by atoms with E-state index in [9.17, 15) is 4.79 Å². The second-order valence-electron chi connectivity index (χ2n) is 4.20. The minimum absolute atomic E-state index is 0. The molecule has 0 aliphatic heterocycles. The van der Waals surface area contributed by atoms with Crippen LogP contribution in [0.3, 0.4) is 0 Å². The summed E-state index contributed by atoms with van der Waals surface area (Å²) in [6.07, 6.45) is 3.32. The zero-order valence-corrected chi connectivity index (χ0v) is 12.9. The molecule has 1 aliphatic rings. The van der Waals surface area contributed by atoms with Crippen LogP contribution in [0.25, 0.3) is 11.1 Å². The molecule has 2 atom stereocenters. The van der Waals surface area contributed by atoms with Gasteiger partial charge in [0.2, 0.25) is 0 Å². The van der Waals surface area contributed by atoms with Crippen LogP contribution in [0.1, 0.15) is 24.8 Å². The van der Waals surface area contributed by atoms with Crippen molar-refractivity contribution in [2.24, 2.45) is 5.92 Å². The Morgan fingerprint density at radius 2 is 2.44 bits per heavy atom. The molecule has 2 aromatic rings. The number of benzene rings is 1. The molecule has 4 nitrogen and oxygen atoms in total. The first-order valence-electron chi connectivity index (χ1n) is 5.73. The summed E-state index contributed by atoms with van der Waals surface area (Å²) in [4.78, 5) is 15.6. The Morgan fingerprint density at radius 3 is 3.22 bits per heavy atom. The number of ether oxygens (including phenoxy) is 1. The Bertz CT molecular complexity index is 566. The number of fused-ring (bicyclic) bond motifs is 1. The maximum Gasteiger partial charge on any atom is 0.309 e. The number of hydrogen-bond donors (Lipinski definition) is 0. The normalized spacial score (nSPS) is 21.4. The van der Waals surface area contributed by atoms with Crippen molar-refractivity contribution in [3.8, 4) is 0 Å². The standard InChI is InChI=1S/C13H12NO3.Y/c1-2-16-13(15)10-6-9(10)8-4-3-5-11-12(8)17-7-14-11;/h3-5,9-10H,2,6H2,1H3;/q-1;/t9-,10+;/m0./s1. The van der Waals surface area contributed by atoms with Gasteiger partial charge in [-0.3, -0.25) is 4.79 Å². The molecule has 91 valence electrons. The fourth-order valence-electron chi connectivity index (χ4n) is 2.20. The summed E-state index contributed by atoms with van der Waals surface area (Å²) in [6.45, 7) is 2.25. The molecule has 1 radical (unpaired) electrons. The molecule has 1 heterocycles. The Balaban J connectivity index is 0.00000120. The smallest absolute Gasteiger partial charge is 0.309 e. The van der Waals surface area contributed by atoms with Crippen LogP contribution in [0.15, 0.2) is 22.6 Å². The third-order valence-electron chi connectivity index (χ3n) is 3.12. The van der Waals surface area contributed by atoms with Crippen molar-refractivity contribution in [1.82, 2.24) is 4.98 Å². The molecule has 1 aromatic heterocycles. The molecular formula is C13H12NO3Y-. The fourth-order valence-corrected chi connectivity index (χ4v) is 2.20. The average molecular weight is 319 g/mol. The van der Waals surface area contributed by atoms with Crippen LogP contribution in [-0.4, -0.2) is 17.6 Å². The van der Waals surface area contributed by atoms with Crippen LogP contribution in [-0.2, 0) is 42.2 Å². The van der Waals surface area contributed by atoms with Crippen molar-refractivity contribution < 1.29 is 46.7 Å². The van der Waals surface area contributed by atoms with Gasteiger partial charge in [0.05, 0.1) is 12.5 Å². The fraction of sp³-hybridized carbons (Fsp3) is 0.385. The number of nitrogens with zero attached hydrogens (tertiary/aromatic N) is 1. The zero-order valence-electron chi connectivity index (χ0n) is 10.1. The van der Waals surface area contributed by atoms with Crippen LogP contribution in [0.5, 0.6) is 0 Å². The first-order valence-corrected chi connectivity index (χ1v) is 5.73. The summed E-state index contributed by atoms with van der Waals surface area (Å²) in [5.74, 6) is 0.0720. The number of para-hydroxylation sites is 1. The summed E-state index contributed by atoms with van der Waals surface area (Å²) in [6, 6.07) is 5.78. The molecule has 0 spiro atoms. The van der Waals surface area contributed by atoms with E-state index in [0.29, 0.717) is 6.61 Å². The Morgan fingerprint density at radius 1 is 1.61 bits per heavy atom. The number of carbonyl (C=O) groups is 1. The molecule has 0 amide bonds. The first-order chi connectivity index (χ1) is 8.31. The van der Waals surface area contributed by atoms with Crippen LogP contribution < -0.4 is 0 Å². The molecule has 1 aliphatic carbocycles. The number of rotatable bonds is 3. The number of oxazole rings is 1. The molecule has 1 aromatic carbocycles. The van der Waals surface area contributed by atoms with E-state index in [4.69, 9.17) is 9.15 Å². The van der Waals surface area contributed by atoms with E-state index < -0.39 is 0 Å². The maximum absolute atomic E-state index is 11.6. The second kappa shape index (κ2) is 5.49. The van der Waals surface area contributed by atoms with E-state index in [1.54, 1.807) is 0 Å². The predicted molar refractivity (Wildman–Crippen MR) is 60.3 cm³/mol. The van der Waals surface area contributed by atoms with Gasteiger partial charge in [0.15, 0.2) is 0 Å². The molecular weight excluding hydrogens is 307 g/mol. The Hall–Kier alpha value is -0.736. The maximum atomic E-state index is 11.6. The van der Waals surface area contributed by atoms with Crippen LogP contribution in [0, 0.1) is 12.3 Å². The number of carbonyl (C=O) groups excluding carboxylic acids is 1. The SMILES string of the molecule is CCOC(=O)[C@@H]1C[C@H]1c1cccc2n[c-]oc12.[Y]. The minimum Gasteiger partial charge on any atom is -0.573 e. The van der Waals surface area contributed by atoms with Crippen LogP contribution in [0.4, 0.5) is 0 Å². The second-order valence-corrected chi connectivity index (χ2v) is 4.20. The van der Waals surface area contributed by atoms with Gasteiger partial charge in [-0.25, -0.2) is 0 Å². The molecule has 0 N–H and O–H groups in total. The van der Waals surface area contributed by atoms with Gasteiger partial charge < -0.3 is 14.1 Å². The van der Waals surface area contributed by atoms with Crippen molar-refractivity contribution in [2.75, 3.05) is 6.61 Å². The van der Waals surface area contributed by atoms with Crippen molar-refractivity contribution in [3.05, 3.63) is 30.2 Å². The van der Waals surface area contributed by atoms with Gasteiger partial charge in [0, 0.05) is 32.7 Å². The summed E-state index contributed by atoms with van der Waals surface area (Å²) in [5.41, 5.74) is 2.57. The van der Waals surface area contributed by atoms with E-state index in [-0.39, 0.29) is 50.5 Å². The van der Waals surface area contributed by atoms with E-state index in [2.05, 4.69) is 11.4 Å². The number of esters is 1. The van der Waals surface area contributed by atoms with Gasteiger partial charge >= 0.3 is 5.97 Å². The van der Waals surface area contributed by atoms with E-state index in [1.165, 1.54) is 0 Å². The summed E-state index contributed by atoms with van der Waals surface area (Å²) in [5, 5.41) is 0. The summed E-state index contributed by atoms with van der Waals surface area (Å²) < 4.78 is 10.3. The number of aromatic nitrogens is 1. The molecule has 0 bridgehead atoms. The Labute approximate surface area is 130 Å². The minimum atomic E-state index is -0.113. The van der Waals surface area contributed by atoms with Gasteiger partial charge in [-0.1, -0.05) is 17.7 Å². The molecule has 0 unspecified atom stereocenters. The van der Waals surface area contributed by atoms with Crippen molar-refractivity contribution in [3.63, 3.8) is 0 Å². The zero-order chi connectivity index (χ0) is 11.8. The van der Waals surface area contributed by atoms with Gasteiger partial charge in [-0.05, 0) is 30.4 Å². The summed E-state index contributed by atoms with van der Waals surface area (Å²) in [7, 11) is 0. The monoisotopic (exact) mass is 319 g/mol. The number of hydrogen-bond acceptors (Lipinski definition) is 4. The average Bonchev–Trinajstić information content (AvgIpc) is 2.98. The van der Waals surface area contributed by atoms with Crippen molar-refractivity contribution in [2.45, 2.75) is 19.3 Å². The first kappa shape index (κ1) is 13.7.